The van der Waals surface area contributed by atoms with Crippen molar-refractivity contribution in [1.82, 2.24) is 9.29 Å². The Kier molecular flexibility index (Phi) is 6.27. The molecular formula is C19H18F3N3O4S. The van der Waals surface area contributed by atoms with Gasteiger partial charge in [0.05, 0.1) is 22.6 Å². The van der Waals surface area contributed by atoms with Gasteiger partial charge in [-0.1, -0.05) is 6.07 Å². The standard InChI is InChI=1S/C19H18F3N3O4S/c20-19(21,22)13-1-6-16-17(7-8-23-18(16)11-13)24-14-2-4-15(5-3-14)30(28,29)25(12-27)9-10-26/h1-8,11,26-27H,9-10,12H2,(H,23,24). The molecule has 7 nitrogen and oxygen atoms in total. The zero-order valence-electron chi connectivity index (χ0n) is 15.5. The van der Waals surface area contributed by atoms with Gasteiger partial charge in [-0.25, -0.2) is 8.42 Å². The van der Waals surface area contributed by atoms with Gasteiger partial charge in [0.15, 0.2) is 0 Å². The van der Waals surface area contributed by atoms with Crippen molar-refractivity contribution in [3.05, 3.63) is 60.3 Å². The number of fused-ring (bicyclic) bond motifs is 1. The number of aromatic nitrogens is 1. The number of nitrogens with one attached hydrogen (secondary N) is 1. The maximum atomic E-state index is 12.9. The highest BCUT2D eigenvalue weighted by molar-refractivity contribution is 7.89. The van der Waals surface area contributed by atoms with E-state index in [-0.39, 0.29) is 17.0 Å². The van der Waals surface area contributed by atoms with Gasteiger partial charge in [-0.2, -0.15) is 17.5 Å². The third kappa shape index (κ3) is 4.54. The van der Waals surface area contributed by atoms with Crippen molar-refractivity contribution in [1.29, 1.82) is 0 Å². The van der Waals surface area contributed by atoms with E-state index in [1.807, 2.05) is 0 Å². The van der Waals surface area contributed by atoms with Gasteiger partial charge in [0.25, 0.3) is 0 Å². The fraction of sp³-hybridized carbons (Fsp3) is 0.211. The lowest BCUT2D eigenvalue weighted by atomic mass is 10.1. The van der Waals surface area contributed by atoms with Gasteiger partial charge in [0.1, 0.15) is 6.73 Å². The van der Waals surface area contributed by atoms with Crippen LogP contribution in [0, 0.1) is 0 Å². The van der Waals surface area contributed by atoms with Gasteiger partial charge in [-0.05, 0) is 42.5 Å². The summed E-state index contributed by atoms with van der Waals surface area (Å²) < 4.78 is 64.3. The fourth-order valence-corrected chi connectivity index (χ4v) is 4.08. The molecule has 1 aromatic heterocycles. The number of nitrogens with zero attached hydrogens (tertiary/aromatic N) is 2. The van der Waals surface area contributed by atoms with Crippen LogP contribution >= 0.6 is 0 Å². The Labute approximate surface area is 170 Å². The zero-order valence-corrected chi connectivity index (χ0v) is 16.3. The van der Waals surface area contributed by atoms with Crippen LogP contribution in [-0.2, 0) is 16.2 Å². The molecule has 0 amide bonds. The summed E-state index contributed by atoms with van der Waals surface area (Å²) in [5, 5.41) is 21.7. The van der Waals surface area contributed by atoms with Gasteiger partial charge in [0, 0.05) is 29.5 Å². The summed E-state index contributed by atoms with van der Waals surface area (Å²) in [4.78, 5) is 3.90. The maximum Gasteiger partial charge on any atom is 0.416 e. The minimum atomic E-state index is -4.47. The first-order chi connectivity index (χ1) is 14.2. The quantitative estimate of drug-likeness (QED) is 0.488. The topological polar surface area (TPSA) is 103 Å². The molecule has 0 aliphatic heterocycles. The Morgan fingerprint density at radius 1 is 1.03 bits per heavy atom. The average molecular weight is 441 g/mol. The summed E-state index contributed by atoms with van der Waals surface area (Å²) in [6, 6.07) is 10.5. The highest BCUT2D eigenvalue weighted by atomic mass is 32.2. The van der Waals surface area contributed by atoms with Crippen LogP contribution in [0.3, 0.4) is 0 Å². The molecule has 30 heavy (non-hydrogen) atoms. The van der Waals surface area contributed by atoms with Crippen LogP contribution < -0.4 is 5.32 Å². The first kappa shape index (κ1) is 22.0. The SMILES string of the molecule is O=S(=O)(c1ccc(Nc2ccnc3cc(C(F)(F)F)ccc23)cc1)N(CO)CCO. The predicted octanol–water partition coefficient (Wildman–Crippen LogP) is 2.93. The lowest BCUT2D eigenvalue weighted by Gasteiger charge is -2.18. The second-order valence-electron chi connectivity index (χ2n) is 6.28. The van der Waals surface area contributed by atoms with E-state index in [2.05, 4.69) is 10.3 Å². The van der Waals surface area contributed by atoms with Crippen molar-refractivity contribution in [3.8, 4) is 0 Å². The lowest BCUT2D eigenvalue weighted by Crippen LogP contribution is -2.34. The maximum absolute atomic E-state index is 12.9. The minimum absolute atomic E-state index is 0.0787. The zero-order chi connectivity index (χ0) is 21.9. The number of hydrogen-bond donors (Lipinski definition) is 3. The summed E-state index contributed by atoms with van der Waals surface area (Å²) in [6.45, 7) is -1.46. The molecule has 3 rings (SSSR count). The largest absolute Gasteiger partial charge is 0.416 e. The molecule has 0 saturated heterocycles. The van der Waals surface area contributed by atoms with E-state index in [9.17, 15) is 26.7 Å². The van der Waals surface area contributed by atoms with Gasteiger partial charge in [-0.15, -0.1) is 0 Å². The summed E-state index contributed by atoms with van der Waals surface area (Å²) in [5.41, 5.74) is 0.364. The van der Waals surface area contributed by atoms with Gasteiger partial charge < -0.3 is 15.5 Å². The monoisotopic (exact) mass is 441 g/mol. The van der Waals surface area contributed by atoms with Crippen LogP contribution in [0.5, 0.6) is 0 Å². The minimum Gasteiger partial charge on any atom is -0.395 e. The molecule has 0 bridgehead atoms. The number of rotatable bonds is 7. The third-order valence-electron chi connectivity index (χ3n) is 4.35. The van der Waals surface area contributed by atoms with E-state index in [0.717, 1.165) is 16.4 Å². The Morgan fingerprint density at radius 2 is 1.73 bits per heavy atom. The molecule has 2 aromatic carbocycles. The van der Waals surface area contributed by atoms with Gasteiger partial charge in [-0.3, -0.25) is 4.98 Å². The van der Waals surface area contributed by atoms with Crippen molar-refractivity contribution in [2.24, 2.45) is 0 Å². The van der Waals surface area contributed by atoms with Gasteiger partial charge >= 0.3 is 6.18 Å². The molecule has 0 saturated carbocycles. The van der Waals surface area contributed by atoms with Crippen molar-refractivity contribution in [2.45, 2.75) is 11.1 Å². The van der Waals surface area contributed by atoms with E-state index in [1.54, 1.807) is 6.07 Å². The molecule has 0 unspecified atom stereocenters. The fourth-order valence-electron chi connectivity index (χ4n) is 2.83. The Hall–Kier alpha value is -2.73. The number of hydrogen-bond acceptors (Lipinski definition) is 6. The van der Waals surface area contributed by atoms with Crippen LogP contribution in [0.2, 0.25) is 0 Å². The molecule has 3 aromatic rings. The number of alkyl halides is 3. The molecule has 0 aliphatic carbocycles. The van der Waals surface area contributed by atoms with Crippen molar-refractivity contribution >= 4 is 32.3 Å². The van der Waals surface area contributed by atoms with Crippen LogP contribution in [0.25, 0.3) is 10.9 Å². The van der Waals surface area contributed by atoms with Crippen LogP contribution in [0.1, 0.15) is 5.56 Å². The first-order valence-corrected chi connectivity index (χ1v) is 10.2. The molecule has 160 valence electrons. The lowest BCUT2D eigenvalue weighted by molar-refractivity contribution is -0.137. The summed E-state index contributed by atoms with van der Waals surface area (Å²) in [6.07, 6.45) is -3.10. The highest BCUT2D eigenvalue weighted by Gasteiger charge is 2.30. The molecule has 0 spiro atoms. The normalized spacial score (nSPS) is 12.5. The predicted molar refractivity (Wildman–Crippen MR) is 105 cm³/mol. The van der Waals surface area contributed by atoms with Crippen molar-refractivity contribution in [2.75, 3.05) is 25.2 Å². The Balaban J connectivity index is 1.88. The summed E-state index contributed by atoms with van der Waals surface area (Å²) in [5.74, 6) is 0. The van der Waals surface area contributed by atoms with E-state index < -0.39 is 35.1 Å². The van der Waals surface area contributed by atoms with Gasteiger partial charge in [0.2, 0.25) is 10.0 Å². The molecular weight excluding hydrogens is 423 g/mol. The second kappa shape index (κ2) is 8.56. The van der Waals surface area contributed by atoms with E-state index in [1.165, 1.54) is 36.5 Å². The number of anilines is 2. The number of benzene rings is 2. The average Bonchev–Trinajstić information content (AvgIpc) is 2.71. The van der Waals surface area contributed by atoms with E-state index in [4.69, 9.17) is 5.11 Å². The Morgan fingerprint density at radius 3 is 2.33 bits per heavy atom. The van der Waals surface area contributed by atoms with E-state index in [0.29, 0.717) is 16.8 Å². The number of halogens is 3. The molecule has 0 aliphatic rings. The molecule has 11 heteroatoms. The molecule has 0 fully saturated rings. The molecule has 0 radical (unpaired) electrons. The number of aliphatic hydroxyl groups is 2. The van der Waals surface area contributed by atoms with Crippen molar-refractivity contribution < 1.29 is 31.8 Å². The van der Waals surface area contributed by atoms with Crippen LogP contribution in [0.4, 0.5) is 24.5 Å². The smallest absolute Gasteiger partial charge is 0.395 e. The molecule has 3 N–H and O–H groups in total. The number of aliphatic hydroxyl groups excluding tert-OH is 2. The molecule has 1 heterocycles. The van der Waals surface area contributed by atoms with Crippen molar-refractivity contribution in [3.63, 3.8) is 0 Å². The highest BCUT2D eigenvalue weighted by Crippen LogP contribution is 2.33. The first-order valence-electron chi connectivity index (χ1n) is 8.72. The van der Waals surface area contributed by atoms with Crippen LogP contribution in [0.15, 0.2) is 59.6 Å². The van der Waals surface area contributed by atoms with Crippen LogP contribution in [-0.4, -0.2) is 47.8 Å². The molecule has 0 atom stereocenters. The number of sulfonamides is 1. The summed E-state index contributed by atoms with van der Waals surface area (Å²) >= 11 is 0. The van der Waals surface area contributed by atoms with E-state index >= 15 is 0 Å². The number of pyridine rings is 1. The second-order valence-corrected chi connectivity index (χ2v) is 8.22. The summed E-state index contributed by atoms with van der Waals surface area (Å²) in [7, 11) is -3.98. The Bertz CT molecular complexity index is 1140. The third-order valence-corrected chi connectivity index (χ3v) is 6.19.